The van der Waals surface area contributed by atoms with Crippen LogP contribution in [0.5, 0.6) is 0 Å². The first-order valence-electron chi connectivity index (χ1n) is 10.3. The number of rotatable bonds is 10. The number of para-hydroxylation sites is 1. The van der Waals surface area contributed by atoms with E-state index in [4.69, 9.17) is 15.0 Å². The number of aliphatic imine (C=N–C) groups is 1. The van der Waals surface area contributed by atoms with Gasteiger partial charge in [-0.05, 0) is 37.3 Å². The molecular weight excluding hydrogens is 426 g/mol. The SMILES string of the molecule is CCOC(=O)C(Cc1cc2ccccc2o1)NC(=O)CNC(=O)c1cccc(N=CNN)c1. The van der Waals surface area contributed by atoms with E-state index < -0.39 is 23.8 Å². The number of hydrogen-bond acceptors (Lipinski definition) is 7. The van der Waals surface area contributed by atoms with Gasteiger partial charge >= 0.3 is 5.97 Å². The smallest absolute Gasteiger partial charge is 0.329 e. The first-order valence-corrected chi connectivity index (χ1v) is 10.3. The Balaban J connectivity index is 1.61. The fourth-order valence-corrected chi connectivity index (χ4v) is 3.12. The number of carbonyl (C=O) groups is 3. The van der Waals surface area contributed by atoms with Crippen molar-refractivity contribution in [1.29, 1.82) is 0 Å². The molecule has 2 amide bonds. The van der Waals surface area contributed by atoms with Crippen molar-refractivity contribution in [3.05, 3.63) is 65.9 Å². The Kier molecular flexibility index (Phi) is 8.14. The van der Waals surface area contributed by atoms with Crippen molar-refractivity contribution < 1.29 is 23.5 Å². The Morgan fingerprint density at radius 3 is 2.73 bits per heavy atom. The van der Waals surface area contributed by atoms with Crippen LogP contribution in [0.2, 0.25) is 0 Å². The van der Waals surface area contributed by atoms with E-state index in [0.29, 0.717) is 22.6 Å². The zero-order valence-corrected chi connectivity index (χ0v) is 18.0. The van der Waals surface area contributed by atoms with Gasteiger partial charge in [0.25, 0.3) is 5.91 Å². The maximum absolute atomic E-state index is 12.5. The molecule has 1 atom stereocenters. The molecule has 0 saturated carbocycles. The van der Waals surface area contributed by atoms with Gasteiger partial charge in [0.1, 0.15) is 23.7 Å². The van der Waals surface area contributed by atoms with Gasteiger partial charge in [-0.15, -0.1) is 0 Å². The van der Waals surface area contributed by atoms with Gasteiger partial charge in [0.2, 0.25) is 5.91 Å². The number of benzene rings is 2. The summed E-state index contributed by atoms with van der Waals surface area (Å²) in [6.45, 7) is 1.52. The third kappa shape index (κ3) is 6.65. The third-order valence-corrected chi connectivity index (χ3v) is 4.59. The summed E-state index contributed by atoms with van der Waals surface area (Å²) >= 11 is 0. The van der Waals surface area contributed by atoms with Crippen LogP contribution >= 0.6 is 0 Å². The van der Waals surface area contributed by atoms with Gasteiger partial charge in [-0.2, -0.15) is 0 Å². The van der Waals surface area contributed by atoms with Crippen LogP contribution in [0, 0.1) is 0 Å². The zero-order chi connectivity index (χ0) is 23.6. The summed E-state index contributed by atoms with van der Waals surface area (Å²) in [4.78, 5) is 41.3. The molecular formula is C23H25N5O5. The Hall–Kier alpha value is -4.18. The molecule has 10 heteroatoms. The van der Waals surface area contributed by atoms with Gasteiger partial charge in [-0.25, -0.2) is 15.6 Å². The highest BCUT2D eigenvalue weighted by Crippen LogP contribution is 2.20. The lowest BCUT2D eigenvalue weighted by atomic mass is 10.1. The van der Waals surface area contributed by atoms with E-state index in [9.17, 15) is 14.4 Å². The second kappa shape index (κ2) is 11.4. The van der Waals surface area contributed by atoms with Crippen molar-refractivity contribution in [2.24, 2.45) is 10.8 Å². The normalized spacial score (nSPS) is 11.8. The Morgan fingerprint density at radius 2 is 1.97 bits per heavy atom. The van der Waals surface area contributed by atoms with Crippen LogP contribution in [-0.4, -0.2) is 43.3 Å². The molecule has 3 rings (SSSR count). The molecule has 1 heterocycles. The Bertz CT molecular complexity index is 1120. The van der Waals surface area contributed by atoms with E-state index in [1.54, 1.807) is 31.2 Å². The average Bonchev–Trinajstić information content (AvgIpc) is 3.23. The van der Waals surface area contributed by atoms with Crippen molar-refractivity contribution in [3.63, 3.8) is 0 Å². The van der Waals surface area contributed by atoms with Crippen molar-refractivity contribution in [1.82, 2.24) is 16.1 Å². The van der Waals surface area contributed by atoms with E-state index in [0.717, 1.165) is 5.39 Å². The summed E-state index contributed by atoms with van der Waals surface area (Å²) in [6, 6.07) is 14.8. The number of ether oxygens (including phenoxy) is 1. The van der Waals surface area contributed by atoms with Crippen LogP contribution in [-0.2, 0) is 20.7 Å². The molecule has 172 valence electrons. The minimum atomic E-state index is -0.962. The molecule has 0 aliphatic heterocycles. The van der Waals surface area contributed by atoms with E-state index in [-0.39, 0.29) is 19.6 Å². The minimum absolute atomic E-state index is 0.114. The Morgan fingerprint density at radius 1 is 1.15 bits per heavy atom. The van der Waals surface area contributed by atoms with E-state index in [1.165, 1.54) is 6.34 Å². The first-order chi connectivity index (χ1) is 16.0. The van der Waals surface area contributed by atoms with Gasteiger partial charge in [0.05, 0.1) is 18.8 Å². The fraction of sp³-hybridized carbons (Fsp3) is 0.217. The van der Waals surface area contributed by atoms with Crippen molar-refractivity contribution in [2.45, 2.75) is 19.4 Å². The number of hydrazine groups is 1. The molecule has 0 fully saturated rings. The predicted molar refractivity (Wildman–Crippen MR) is 123 cm³/mol. The van der Waals surface area contributed by atoms with Crippen LogP contribution in [0.1, 0.15) is 23.0 Å². The second-order valence-electron chi connectivity index (χ2n) is 6.98. The summed E-state index contributed by atoms with van der Waals surface area (Å²) in [6.07, 6.45) is 1.39. The monoisotopic (exact) mass is 451 g/mol. The fourth-order valence-electron chi connectivity index (χ4n) is 3.12. The van der Waals surface area contributed by atoms with Crippen molar-refractivity contribution in [2.75, 3.05) is 13.2 Å². The number of nitrogens with zero attached hydrogens (tertiary/aromatic N) is 1. The summed E-state index contributed by atoms with van der Waals surface area (Å²) < 4.78 is 10.8. The summed E-state index contributed by atoms with van der Waals surface area (Å²) in [5.74, 6) is 4.08. The summed E-state index contributed by atoms with van der Waals surface area (Å²) in [7, 11) is 0. The maximum Gasteiger partial charge on any atom is 0.329 e. The molecule has 0 spiro atoms. The van der Waals surface area contributed by atoms with Crippen molar-refractivity contribution in [3.8, 4) is 0 Å². The molecule has 3 aromatic rings. The van der Waals surface area contributed by atoms with E-state index >= 15 is 0 Å². The standard InChI is InChI=1S/C23H25N5O5/c1-2-32-23(31)19(12-18-11-15-6-3-4-9-20(15)33-18)28-21(29)13-25-22(30)16-7-5-8-17(10-16)26-14-27-24/h3-11,14,19H,2,12-13,24H2,1H3,(H,25,30)(H,26,27)(H,28,29). The molecule has 33 heavy (non-hydrogen) atoms. The molecule has 2 aromatic carbocycles. The predicted octanol–water partition coefficient (Wildman–Crippen LogP) is 1.58. The second-order valence-corrected chi connectivity index (χ2v) is 6.98. The van der Waals surface area contributed by atoms with Crippen molar-refractivity contribution >= 4 is 40.8 Å². The number of nitrogens with one attached hydrogen (secondary N) is 3. The van der Waals surface area contributed by atoms with E-state index in [1.807, 2.05) is 30.3 Å². The molecule has 0 saturated heterocycles. The molecule has 5 N–H and O–H groups in total. The van der Waals surface area contributed by atoms with Gasteiger partial charge in [-0.1, -0.05) is 24.3 Å². The highest BCUT2D eigenvalue weighted by molar-refractivity contribution is 5.97. The topological polar surface area (TPSA) is 148 Å². The highest BCUT2D eigenvalue weighted by Gasteiger charge is 2.24. The quantitative estimate of drug-likeness (QED) is 0.120. The lowest BCUT2D eigenvalue weighted by molar-refractivity contribution is -0.147. The number of fused-ring (bicyclic) bond motifs is 1. The number of esters is 1. The van der Waals surface area contributed by atoms with Crippen LogP contribution in [0.15, 0.2) is 64.0 Å². The molecule has 0 bridgehead atoms. The number of furan rings is 1. The van der Waals surface area contributed by atoms with E-state index in [2.05, 4.69) is 21.1 Å². The molecule has 1 aromatic heterocycles. The minimum Gasteiger partial charge on any atom is -0.464 e. The van der Waals surface area contributed by atoms with Crippen LogP contribution < -0.4 is 21.9 Å². The zero-order valence-electron chi connectivity index (χ0n) is 18.0. The maximum atomic E-state index is 12.5. The lowest BCUT2D eigenvalue weighted by Crippen LogP contribution is -2.47. The van der Waals surface area contributed by atoms with Gasteiger partial charge in [0, 0.05) is 17.4 Å². The van der Waals surface area contributed by atoms with Crippen LogP contribution in [0.3, 0.4) is 0 Å². The largest absolute Gasteiger partial charge is 0.464 e. The van der Waals surface area contributed by atoms with Gasteiger partial charge < -0.3 is 25.2 Å². The van der Waals surface area contributed by atoms with Crippen LogP contribution in [0.4, 0.5) is 5.69 Å². The summed E-state index contributed by atoms with van der Waals surface area (Å²) in [5.41, 5.74) is 3.79. The molecule has 0 aliphatic rings. The number of hydrogen-bond donors (Lipinski definition) is 4. The number of carbonyl (C=O) groups excluding carboxylic acids is 3. The van der Waals surface area contributed by atoms with Gasteiger partial charge in [-0.3, -0.25) is 9.59 Å². The summed E-state index contributed by atoms with van der Waals surface area (Å²) in [5, 5.41) is 6.02. The van der Waals surface area contributed by atoms with Gasteiger partial charge in [0.15, 0.2) is 0 Å². The Labute approximate surface area is 190 Å². The highest BCUT2D eigenvalue weighted by atomic mass is 16.5. The van der Waals surface area contributed by atoms with Crippen LogP contribution in [0.25, 0.3) is 11.0 Å². The molecule has 0 radical (unpaired) electrons. The molecule has 0 aliphatic carbocycles. The number of amides is 2. The lowest BCUT2D eigenvalue weighted by Gasteiger charge is -2.16. The molecule has 1 unspecified atom stereocenters. The number of nitrogens with two attached hydrogens (primary N) is 1. The third-order valence-electron chi connectivity index (χ3n) is 4.59. The molecule has 10 nitrogen and oxygen atoms in total. The first kappa shape index (κ1) is 23.5. The average molecular weight is 451 g/mol.